The topological polar surface area (TPSA) is 162 Å². The van der Waals surface area contributed by atoms with Crippen LogP contribution in [-0.4, -0.2) is 54.6 Å². The van der Waals surface area contributed by atoms with Gasteiger partial charge in [-0.2, -0.15) is 5.01 Å². The van der Waals surface area contributed by atoms with Gasteiger partial charge in [-0.25, -0.2) is 9.59 Å². The van der Waals surface area contributed by atoms with Crippen LogP contribution in [0.2, 0.25) is 0 Å². The third kappa shape index (κ3) is 14.3. The maximum atomic E-state index is 15.1. The van der Waals surface area contributed by atoms with E-state index in [1.54, 1.807) is 43.3 Å². The predicted molar refractivity (Wildman–Crippen MR) is 230 cm³/mol. The molecule has 59 heavy (non-hydrogen) atoms. The molecule has 1 aliphatic heterocycles. The molecule has 0 aromatic heterocycles. The van der Waals surface area contributed by atoms with Crippen molar-refractivity contribution >= 4 is 64.2 Å². The second kappa shape index (κ2) is 22.7. The van der Waals surface area contributed by atoms with E-state index in [0.29, 0.717) is 47.3 Å². The summed E-state index contributed by atoms with van der Waals surface area (Å²) >= 11 is 0. The summed E-state index contributed by atoms with van der Waals surface area (Å²) in [5, 5.41) is 19.8. The lowest BCUT2D eigenvalue weighted by atomic mass is 9.97. The Bertz CT molecular complexity index is 2040. The highest BCUT2D eigenvalue weighted by atomic mass is 19.2. The molecule has 2 fully saturated rings. The van der Waals surface area contributed by atoms with Crippen molar-refractivity contribution in [2.75, 3.05) is 51.0 Å². The van der Waals surface area contributed by atoms with Gasteiger partial charge in [-0.15, -0.1) is 9.60 Å². The monoisotopic (exact) mass is 809 g/mol. The molecule has 15 heteroatoms. The number of aldehydes is 1. The average Bonchev–Trinajstić information content (AvgIpc) is 3.95. The highest BCUT2D eigenvalue weighted by molar-refractivity contribution is 6.04. The van der Waals surface area contributed by atoms with Gasteiger partial charge in [0, 0.05) is 48.6 Å². The summed E-state index contributed by atoms with van der Waals surface area (Å²) in [7, 11) is 0. The van der Waals surface area contributed by atoms with E-state index in [2.05, 4.69) is 26.2 Å². The van der Waals surface area contributed by atoms with Crippen LogP contribution in [0.25, 0.3) is 0 Å². The molecular weight excluding hydrogens is 757 g/mol. The smallest absolute Gasteiger partial charge is 0.326 e. The first-order valence-electron chi connectivity index (χ1n) is 20.0. The van der Waals surface area contributed by atoms with Crippen molar-refractivity contribution in [3.05, 3.63) is 108 Å². The number of aryl methyl sites for hydroxylation is 1. The van der Waals surface area contributed by atoms with E-state index >= 15 is 4.48 Å². The minimum atomic E-state index is -1.34. The molecule has 0 atom stereocenters. The molecule has 6 rings (SSSR count). The lowest BCUT2D eigenvalue weighted by Crippen LogP contribution is -2.45. The Balaban J connectivity index is 0.000000649. The van der Waals surface area contributed by atoms with Crippen LogP contribution in [0, 0.1) is 18.3 Å². The molecule has 4 aromatic rings. The van der Waals surface area contributed by atoms with E-state index in [1.165, 1.54) is 93.7 Å². The summed E-state index contributed by atoms with van der Waals surface area (Å²) in [6, 6.07) is 23.9. The number of carbonyl (C=O) groups is 4. The molecule has 0 spiro atoms. The van der Waals surface area contributed by atoms with E-state index in [-0.39, 0.29) is 33.9 Å². The number of carbonyl (C=O) groups excluding carboxylic acids is 4. The largest absolute Gasteiger partial charge is 0.374 e. The molecule has 0 radical (unpaired) electrons. The molecule has 1 saturated carbocycles. The van der Waals surface area contributed by atoms with Crippen LogP contribution < -0.4 is 37.0 Å². The number of amides is 4. The van der Waals surface area contributed by atoms with Gasteiger partial charge >= 0.3 is 12.1 Å². The van der Waals surface area contributed by atoms with Crippen molar-refractivity contribution in [2.45, 2.75) is 71.1 Å². The number of hydrazine groups is 1. The molecule has 0 unspecified atom stereocenters. The fourth-order valence-electron chi connectivity index (χ4n) is 7.14. The molecule has 4 amide bonds. The fraction of sp³-hybridized carbons (Fsp3) is 0.341. The Morgan fingerprint density at radius 2 is 1.37 bits per heavy atom. The Morgan fingerprint density at radius 3 is 2.03 bits per heavy atom. The summed E-state index contributed by atoms with van der Waals surface area (Å²) in [5.41, 5.74) is 4.44. The molecule has 13 nitrogen and oxygen atoms in total. The molecule has 4 aromatic carbocycles. The third-order valence-electron chi connectivity index (χ3n) is 10.1. The van der Waals surface area contributed by atoms with E-state index in [0.717, 1.165) is 30.4 Å². The normalized spacial score (nSPS) is 13.7. The Kier molecular flexibility index (Phi) is 16.9. The first kappa shape index (κ1) is 43.9. The van der Waals surface area contributed by atoms with Crippen LogP contribution in [0.5, 0.6) is 0 Å². The Hall–Kier alpha value is -6.19. The first-order chi connectivity index (χ1) is 28.6. The first-order valence-corrected chi connectivity index (χ1v) is 20.0. The zero-order valence-electron chi connectivity index (χ0n) is 33.3. The highest BCUT2D eigenvalue weighted by Crippen LogP contribution is 2.29. The molecule has 312 valence electrons. The van der Waals surface area contributed by atoms with Crippen molar-refractivity contribution in [2.24, 2.45) is 5.92 Å². The zero-order valence-corrected chi connectivity index (χ0v) is 33.3. The Morgan fingerprint density at radius 1 is 0.780 bits per heavy atom. The van der Waals surface area contributed by atoms with Gasteiger partial charge in [-0.3, -0.25) is 10.2 Å². The van der Waals surface area contributed by atoms with Gasteiger partial charge in [0.1, 0.15) is 12.1 Å². The van der Waals surface area contributed by atoms with Gasteiger partial charge in [-0.05, 0) is 117 Å². The summed E-state index contributed by atoms with van der Waals surface area (Å²) < 4.78 is 28.6. The minimum Gasteiger partial charge on any atom is -0.326 e. The predicted octanol–water partition coefficient (Wildman–Crippen LogP) is 9.56. The zero-order chi connectivity index (χ0) is 42.0. The SMILES string of the molecule is Cc1cccc(N(NF)C(=O)N(F)c2cccc(NC(=O)Nc3cccc(NC(=N)Nc4cccc(CC(=O)CCC5CCCC5)c4)c3)c2)c1.O=CCCN1CCCC1. The summed E-state index contributed by atoms with van der Waals surface area (Å²) in [5.74, 6) is 0.887. The van der Waals surface area contributed by atoms with Crippen LogP contribution in [0.1, 0.15) is 68.9 Å². The number of rotatable bonds is 15. The van der Waals surface area contributed by atoms with Gasteiger partial charge in [-0.1, -0.05) is 72.2 Å². The van der Waals surface area contributed by atoms with Crippen LogP contribution in [0.3, 0.4) is 0 Å². The summed E-state index contributed by atoms with van der Waals surface area (Å²) in [6.45, 7) is 5.13. The quantitative estimate of drug-likeness (QED) is 0.0228. The number of benzene rings is 4. The third-order valence-corrected chi connectivity index (χ3v) is 10.1. The number of anilines is 6. The number of ketones is 1. The van der Waals surface area contributed by atoms with Gasteiger partial charge in [0.15, 0.2) is 5.96 Å². The van der Waals surface area contributed by atoms with E-state index in [4.69, 9.17) is 5.41 Å². The lowest BCUT2D eigenvalue weighted by Gasteiger charge is -2.22. The van der Waals surface area contributed by atoms with Crippen LogP contribution in [0.15, 0.2) is 97.1 Å². The van der Waals surface area contributed by atoms with Gasteiger partial charge in [0.05, 0.1) is 11.4 Å². The summed E-state index contributed by atoms with van der Waals surface area (Å²) in [4.78, 5) is 50.3. The van der Waals surface area contributed by atoms with Crippen molar-refractivity contribution in [1.82, 2.24) is 10.5 Å². The second-order valence-corrected chi connectivity index (χ2v) is 14.8. The van der Waals surface area contributed by atoms with Gasteiger partial charge in [0.2, 0.25) is 0 Å². The molecule has 6 N–H and O–H groups in total. The standard InChI is InChI=1S/C37H40F2N8O3.C7H13NO/c1-25-8-4-17-33(20-25)47(45-38)37(50)46(39)32-16-7-15-31(24-32)44-36(49)43-30-14-6-13-29(23-30)42-35(40)41-28-12-5-11-27(21-28)22-34(48)19-18-26-9-2-3-10-26;9-7-3-6-8-4-1-2-5-8/h4-8,11-17,20-21,23-24,26,45H,2-3,9-10,18-19,22H2,1H3,(H3,40,41,42)(H2,43,44,49);7H,1-6H2. The highest BCUT2D eigenvalue weighted by Gasteiger charge is 2.25. The number of nitrogens with one attached hydrogen (secondary N) is 6. The number of hydrogen-bond donors (Lipinski definition) is 6. The molecule has 1 aliphatic carbocycles. The van der Waals surface area contributed by atoms with Gasteiger partial charge < -0.3 is 31.0 Å². The number of Topliss-reactive ketones (excluding diaryl/α,β-unsaturated/α-hetero) is 1. The molecule has 0 bridgehead atoms. The van der Waals surface area contributed by atoms with Crippen molar-refractivity contribution in [1.29, 1.82) is 5.41 Å². The fourth-order valence-corrected chi connectivity index (χ4v) is 7.14. The van der Waals surface area contributed by atoms with E-state index < -0.39 is 12.1 Å². The number of guanidine groups is 1. The molecule has 2 aliphatic rings. The number of hydrogen-bond acceptors (Lipinski definition) is 7. The number of halogens is 2. The minimum absolute atomic E-state index is 0.0117. The lowest BCUT2D eigenvalue weighted by molar-refractivity contribution is -0.118. The van der Waals surface area contributed by atoms with Crippen LogP contribution in [-0.2, 0) is 16.0 Å². The van der Waals surface area contributed by atoms with Crippen LogP contribution >= 0.6 is 0 Å². The molecule has 1 heterocycles. The van der Waals surface area contributed by atoms with Crippen molar-refractivity contribution in [3.63, 3.8) is 0 Å². The maximum absolute atomic E-state index is 15.1. The summed E-state index contributed by atoms with van der Waals surface area (Å²) in [6.07, 6.45) is 11.2. The maximum Gasteiger partial charge on any atom is 0.374 e. The van der Waals surface area contributed by atoms with E-state index in [1.807, 2.05) is 24.3 Å². The van der Waals surface area contributed by atoms with Crippen LogP contribution in [0.4, 0.5) is 52.7 Å². The van der Waals surface area contributed by atoms with Gasteiger partial charge in [0.25, 0.3) is 0 Å². The average molecular weight is 810 g/mol. The number of urea groups is 2. The van der Waals surface area contributed by atoms with Crippen molar-refractivity contribution < 1.29 is 28.1 Å². The second-order valence-electron chi connectivity index (χ2n) is 14.8. The molecule has 1 saturated heterocycles. The molecular formula is C44H53F2N9O4. The Labute approximate surface area is 343 Å². The number of likely N-dealkylation sites (tertiary alicyclic amines) is 1. The van der Waals surface area contributed by atoms with E-state index in [9.17, 15) is 23.7 Å². The van der Waals surface area contributed by atoms with Crippen molar-refractivity contribution in [3.8, 4) is 0 Å². The number of nitrogens with zero attached hydrogens (tertiary/aromatic N) is 3.